The minimum atomic E-state index is -0.456. The summed E-state index contributed by atoms with van der Waals surface area (Å²) in [6, 6.07) is 6.27. The van der Waals surface area contributed by atoms with Gasteiger partial charge in [0.1, 0.15) is 6.10 Å². The first kappa shape index (κ1) is 15.4. The van der Waals surface area contributed by atoms with Gasteiger partial charge in [-0.15, -0.1) is 0 Å². The van der Waals surface area contributed by atoms with E-state index in [1.807, 2.05) is 0 Å². The second kappa shape index (κ2) is 6.64. The van der Waals surface area contributed by atoms with Gasteiger partial charge >= 0.3 is 0 Å². The first-order valence-electron chi connectivity index (χ1n) is 6.85. The molecule has 1 saturated heterocycles. The second-order valence-corrected chi connectivity index (χ2v) is 5.18. The van der Waals surface area contributed by atoms with Crippen LogP contribution in [0.4, 0.5) is 5.69 Å². The van der Waals surface area contributed by atoms with E-state index in [0.29, 0.717) is 25.1 Å². The van der Waals surface area contributed by atoms with Crippen LogP contribution >= 0.6 is 0 Å². The highest BCUT2D eigenvalue weighted by atomic mass is 16.6. The molecule has 114 valence electrons. The van der Waals surface area contributed by atoms with E-state index in [1.54, 1.807) is 19.2 Å². The zero-order chi connectivity index (χ0) is 15.4. The van der Waals surface area contributed by atoms with Gasteiger partial charge in [0.25, 0.3) is 11.6 Å². The summed E-state index contributed by atoms with van der Waals surface area (Å²) in [4.78, 5) is 24.1. The summed E-state index contributed by atoms with van der Waals surface area (Å²) in [7, 11) is 1.67. The van der Waals surface area contributed by atoms with Gasteiger partial charge in [0.05, 0.1) is 11.0 Å². The maximum atomic E-state index is 12.3. The van der Waals surface area contributed by atoms with Crippen molar-refractivity contribution in [3.8, 4) is 0 Å². The maximum absolute atomic E-state index is 12.3. The average Bonchev–Trinajstić information content (AvgIpc) is 2.95. The summed E-state index contributed by atoms with van der Waals surface area (Å²) >= 11 is 0. The van der Waals surface area contributed by atoms with Crippen LogP contribution in [0, 0.1) is 10.1 Å². The fraction of sp³-hybridized carbons (Fsp3) is 0.500. The van der Waals surface area contributed by atoms with E-state index >= 15 is 0 Å². The predicted molar refractivity (Wildman–Crippen MR) is 76.5 cm³/mol. The Kier molecular flexibility index (Phi) is 4.87. The molecular weight excluding hydrogens is 274 g/mol. The molecule has 2 atom stereocenters. The van der Waals surface area contributed by atoms with Gasteiger partial charge in [0.2, 0.25) is 0 Å². The van der Waals surface area contributed by atoms with Crippen LogP contribution in [0.2, 0.25) is 0 Å². The highest BCUT2D eigenvalue weighted by Gasteiger charge is 2.31. The van der Waals surface area contributed by atoms with Gasteiger partial charge in [-0.05, 0) is 18.4 Å². The molecule has 1 aliphatic heterocycles. The predicted octanol–water partition coefficient (Wildman–Crippen LogP) is 1.06. The van der Waals surface area contributed by atoms with E-state index < -0.39 is 11.0 Å². The smallest absolute Gasteiger partial charge is 0.269 e. The van der Waals surface area contributed by atoms with Crippen molar-refractivity contribution in [3.63, 3.8) is 0 Å². The number of hydrogen-bond donors (Lipinski definition) is 1. The Balaban J connectivity index is 1.98. The van der Waals surface area contributed by atoms with Crippen molar-refractivity contribution in [1.29, 1.82) is 0 Å². The highest BCUT2D eigenvalue weighted by Crippen LogP contribution is 2.21. The number of hydrogen-bond acceptors (Lipinski definition) is 5. The normalized spacial score (nSPS) is 21.2. The molecule has 2 rings (SSSR count). The zero-order valence-corrected chi connectivity index (χ0v) is 11.9. The molecule has 1 aromatic carbocycles. The van der Waals surface area contributed by atoms with Crippen molar-refractivity contribution in [2.75, 3.05) is 13.6 Å². The van der Waals surface area contributed by atoms with E-state index in [2.05, 4.69) is 0 Å². The zero-order valence-electron chi connectivity index (χ0n) is 11.9. The van der Waals surface area contributed by atoms with Gasteiger partial charge < -0.3 is 15.4 Å². The lowest BCUT2D eigenvalue weighted by Crippen LogP contribution is -2.36. The molecule has 0 aromatic heterocycles. The largest absolute Gasteiger partial charge is 0.364 e. The molecule has 0 radical (unpaired) electrons. The molecule has 0 bridgehead atoms. The van der Waals surface area contributed by atoms with E-state index in [0.717, 1.165) is 6.42 Å². The lowest BCUT2D eigenvalue weighted by molar-refractivity contribution is -0.384. The molecule has 7 nitrogen and oxygen atoms in total. The summed E-state index contributed by atoms with van der Waals surface area (Å²) in [6.07, 6.45) is 0.949. The Morgan fingerprint density at radius 3 is 2.90 bits per heavy atom. The van der Waals surface area contributed by atoms with E-state index in [9.17, 15) is 14.9 Å². The van der Waals surface area contributed by atoms with Crippen LogP contribution in [0.15, 0.2) is 24.3 Å². The summed E-state index contributed by atoms with van der Waals surface area (Å²) in [6.45, 7) is 0.728. The van der Waals surface area contributed by atoms with E-state index in [-0.39, 0.29) is 17.7 Å². The minimum absolute atomic E-state index is 0.0219. The number of likely N-dealkylation sites (N-methyl/N-ethyl adjacent to an activating group) is 1. The Morgan fingerprint density at radius 1 is 1.52 bits per heavy atom. The first-order chi connectivity index (χ1) is 10.0. The maximum Gasteiger partial charge on any atom is 0.269 e. The first-order valence-corrected chi connectivity index (χ1v) is 6.85. The summed E-state index contributed by atoms with van der Waals surface area (Å²) in [5.74, 6) is -0.113. The van der Waals surface area contributed by atoms with Gasteiger partial charge in [-0.2, -0.15) is 0 Å². The monoisotopic (exact) mass is 293 g/mol. The topological polar surface area (TPSA) is 98.7 Å². The number of ether oxygens (including phenoxy) is 1. The number of rotatable bonds is 5. The van der Waals surface area contributed by atoms with E-state index in [1.165, 1.54) is 17.0 Å². The van der Waals surface area contributed by atoms with Crippen LogP contribution in [-0.2, 0) is 16.1 Å². The number of nitro benzene ring substituents is 1. The summed E-state index contributed by atoms with van der Waals surface area (Å²) in [5.41, 5.74) is 6.27. The van der Waals surface area contributed by atoms with Crippen LogP contribution < -0.4 is 5.73 Å². The van der Waals surface area contributed by atoms with Crippen LogP contribution in [-0.4, -0.2) is 41.5 Å². The van der Waals surface area contributed by atoms with Gasteiger partial charge in [0.15, 0.2) is 0 Å². The molecule has 2 unspecified atom stereocenters. The van der Waals surface area contributed by atoms with Crippen LogP contribution in [0.25, 0.3) is 0 Å². The number of nitrogens with zero attached hydrogens (tertiary/aromatic N) is 2. The molecule has 0 aliphatic carbocycles. The van der Waals surface area contributed by atoms with Crippen LogP contribution in [0.3, 0.4) is 0 Å². The highest BCUT2D eigenvalue weighted by molar-refractivity contribution is 5.81. The van der Waals surface area contributed by atoms with Gasteiger partial charge in [0, 0.05) is 32.3 Å². The molecule has 1 heterocycles. The molecule has 1 aromatic rings. The number of carbonyl (C=O) groups is 1. The Labute approximate surface area is 122 Å². The second-order valence-electron chi connectivity index (χ2n) is 5.18. The van der Waals surface area contributed by atoms with Crippen LogP contribution in [0.5, 0.6) is 0 Å². The Bertz CT molecular complexity index is 535. The van der Waals surface area contributed by atoms with E-state index in [4.69, 9.17) is 10.5 Å². The van der Waals surface area contributed by atoms with Crippen LogP contribution in [0.1, 0.15) is 18.4 Å². The number of carbonyl (C=O) groups excluding carboxylic acids is 1. The summed E-state index contributed by atoms with van der Waals surface area (Å²) in [5, 5.41) is 10.7. The lowest BCUT2D eigenvalue weighted by Gasteiger charge is -2.21. The van der Waals surface area contributed by atoms with Gasteiger partial charge in [-0.25, -0.2) is 0 Å². The quantitative estimate of drug-likeness (QED) is 0.646. The summed E-state index contributed by atoms with van der Waals surface area (Å²) < 4.78 is 5.57. The van der Waals surface area contributed by atoms with Gasteiger partial charge in [-0.1, -0.05) is 12.1 Å². The number of nitro groups is 1. The van der Waals surface area contributed by atoms with Crippen molar-refractivity contribution < 1.29 is 14.5 Å². The number of benzene rings is 1. The molecule has 2 N–H and O–H groups in total. The molecule has 1 aliphatic rings. The standard InChI is InChI=1S/C14H19N3O4/c1-16(14(18)13-6-5-12(8-15)21-13)9-10-3-2-4-11(7-10)17(19)20/h2-4,7,12-13H,5-6,8-9,15H2,1H3. The number of amides is 1. The fourth-order valence-electron chi connectivity index (χ4n) is 2.43. The molecule has 7 heteroatoms. The number of non-ortho nitro benzene ring substituents is 1. The van der Waals surface area contributed by atoms with Crippen molar-refractivity contribution >= 4 is 11.6 Å². The SMILES string of the molecule is CN(Cc1cccc([N+](=O)[O-])c1)C(=O)C1CCC(CN)O1. The number of nitrogens with two attached hydrogens (primary N) is 1. The molecular formula is C14H19N3O4. The van der Waals surface area contributed by atoms with Crippen molar-refractivity contribution in [1.82, 2.24) is 4.90 Å². The van der Waals surface area contributed by atoms with Crippen molar-refractivity contribution in [2.24, 2.45) is 5.73 Å². The lowest BCUT2D eigenvalue weighted by atomic mass is 10.1. The Morgan fingerprint density at radius 2 is 2.29 bits per heavy atom. The molecule has 0 spiro atoms. The molecule has 1 amide bonds. The third-order valence-electron chi connectivity index (χ3n) is 3.56. The minimum Gasteiger partial charge on any atom is -0.364 e. The molecule has 0 saturated carbocycles. The fourth-order valence-corrected chi connectivity index (χ4v) is 2.43. The van der Waals surface area contributed by atoms with Crippen molar-refractivity contribution in [2.45, 2.75) is 31.6 Å². The third kappa shape index (κ3) is 3.77. The molecule has 1 fully saturated rings. The average molecular weight is 293 g/mol. The Hall–Kier alpha value is -1.99. The van der Waals surface area contributed by atoms with Gasteiger partial charge in [-0.3, -0.25) is 14.9 Å². The third-order valence-corrected chi connectivity index (χ3v) is 3.56. The van der Waals surface area contributed by atoms with Crippen molar-refractivity contribution in [3.05, 3.63) is 39.9 Å². The molecule has 21 heavy (non-hydrogen) atoms.